The lowest BCUT2D eigenvalue weighted by molar-refractivity contribution is -0.161. The van der Waals surface area contributed by atoms with Gasteiger partial charge >= 0.3 is 14.0 Å². The molecule has 0 saturated heterocycles. The number of esters is 1. The van der Waals surface area contributed by atoms with Crippen molar-refractivity contribution in [2.45, 2.75) is 13.8 Å². The summed E-state index contributed by atoms with van der Waals surface area (Å²) in [6.45, 7) is 3.30. The molecule has 1 unspecified atom stereocenters. The van der Waals surface area contributed by atoms with Crippen LogP contribution in [0.15, 0.2) is 11.4 Å². The molecule has 62 valence electrons. The van der Waals surface area contributed by atoms with Crippen LogP contribution in [0.25, 0.3) is 0 Å². The molecule has 0 spiro atoms. The molecule has 0 N–H and O–H groups in total. The van der Waals surface area contributed by atoms with Crippen molar-refractivity contribution in [2.24, 2.45) is 0 Å². The first kappa shape index (κ1) is 10.3. The number of hydrogen-bond donors (Lipinski definition) is 0. The Balaban J connectivity index is 4.12. The molecule has 0 aromatic heterocycles. The van der Waals surface area contributed by atoms with Gasteiger partial charge in [0.25, 0.3) is 0 Å². The fraction of sp³-hybridized carbons (Fsp3) is 0.500. The van der Waals surface area contributed by atoms with Crippen LogP contribution < -0.4 is 4.89 Å². The van der Waals surface area contributed by atoms with Crippen LogP contribution in [0.3, 0.4) is 0 Å². The lowest BCUT2D eigenvalue weighted by Gasteiger charge is -1.97. The minimum atomic E-state index is -2.65. The molecule has 0 aromatic rings. The Morgan fingerprint density at radius 2 is 2.27 bits per heavy atom. The summed E-state index contributed by atoms with van der Waals surface area (Å²) in [5.41, 5.74) is 0.1000. The van der Waals surface area contributed by atoms with Gasteiger partial charge in [-0.2, -0.15) is 0 Å². The van der Waals surface area contributed by atoms with E-state index in [1.807, 2.05) is 0 Å². The number of carbonyl (C=O) groups excluding carboxylic acids is 1. The van der Waals surface area contributed by atoms with E-state index in [2.05, 4.69) is 4.74 Å². The van der Waals surface area contributed by atoms with Crippen molar-refractivity contribution in [2.75, 3.05) is 6.61 Å². The van der Waals surface area contributed by atoms with E-state index in [0.717, 1.165) is 5.82 Å². The summed E-state index contributed by atoms with van der Waals surface area (Å²) in [5, 5.41) is 0. The molecule has 0 amide bonds. The molecule has 4 nitrogen and oxygen atoms in total. The Labute approximate surface area is 65.7 Å². The van der Waals surface area contributed by atoms with E-state index < -0.39 is 14.0 Å². The largest absolute Gasteiger partial charge is 0.591 e. The van der Waals surface area contributed by atoms with Crippen molar-refractivity contribution in [1.82, 2.24) is 0 Å². The normalized spacial score (nSPS) is 12.6. The van der Waals surface area contributed by atoms with Crippen LogP contribution in [0, 0.1) is 0 Å². The Bertz CT molecular complexity index is 197. The third-order valence-electron chi connectivity index (χ3n) is 0.896. The first-order valence-electron chi connectivity index (χ1n) is 3.07. The van der Waals surface area contributed by atoms with Crippen LogP contribution in [-0.4, -0.2) is 12.6 Å². The van der Waals surface area contributed by atoms with Crippen molar-refractivity contribution in [1.29, 1.82) is 0 Å². The molecule has 0 fully saturated rings. The SMILES string of the molecule is CCOC(=O)/C(C)=C/[P+](=O)[O-]. The van der Waals surface area contributed by atoms with Crippen molar-refractivity contribution < 1.29 is 19.0 Å². The van der Waals surface area contributed by atoms with Crippen LogP contribution in [0.5, 0.6) is 0 Å². The van der Waals surface area contributed by atoms with Crippen LogP contribution in [0.4, 0.5) is 0 Å². The van der Waals surface area contributed by atoms with Gasteiger partial charge in [-0.1, -0.05) is 4.57 Å². The molecule has 0 bridgehead atoms. The van der Waals surface area contributed by atoms with Crippen molar-refractivity contribution in [3.63, 3.8) is 0 Å². The van der Waals surface area contributed by atoms with Gasteiger partial charge in [-0.25, -0.2) is 4.79 Å². The summed E-state index contributed by atoms with van der Waals surface area (Å²) in [6.07, 6.45) is 0. The predicted octanol–water partition coefficient (Wildman–Crippen LogP) is 0.556. The zero-order valence-electron chi connectivity index (χ0n) is 6.36. The topological polar surface area (TPSA) is 66.4 Å². The average Bonchev–Trinajstić information content (AvgIpc) is 1.86. The van der Waals surface area contributed by atoms with Gasteiger partial charge < -0.3 is 9.63 Å². The summed E-state index contributed by atoms with van der Waals surface area (Å²) in [7, 11) is -2.65. The lowest BCUT2D eigenvalue weighted by Crippen LogP contribution is -2.04. The highest BCUT2D eigenvalue weighted by molar-refractivity contribution is 7.40. The molecule has 0 aliphatic rings. The Morgan fingerprint density at radius 1 is 1.73 bits per heavy atom. The van der Waals surface area contributed by atoms with E-state index in [1.165, 1.54) is 6.92 Å². The second kappa shape index (κ2) is 4.99. The average molecular weight is 176 g/mol. The fourth-order valence-corrected chi connectivity index (χ4v) is 0.877. The van der Waals surface area contributed by atoms with Crippen LogP contribution >= 0.6 is 8.03 Å². The number of hydrogen-bond acceptors (Lipinski definition) is 4. The summed E-state index contributed by atoms with van der Waals surface area (Å²) in [4.78, 5) is 20.8. The van der Waals surface area contributed by atoms with Crippen molar-refractivity contribution >= 4 is 14.0 Å². The van der Waals surface area contributed by atoms with E-state index in [4.69, 9.17) is 0 Å². The van der Waals surface area contributed by atoms with Crippen LogP contribution in [0.1, 0.15) is 13.8 Å². The van der Waals surface area contributed by atoms with Gasteiger partial charge in [0.1, 0.15) is 0 Å². The molecule has 1 atom stereocenters. The monoisotopic (exact) mass is 176 g/mol. The zero-order chi connectivity index (χ0) is 8.85. The second-order valence-electron chi connectivity index (χ2n) is 1.82. The highest BCUT2D eigenvalue weighted by Crippen LogP contribution is 2.13. The Kier molecular flexibility index (Phi) is 4.66. The number of rotatable bonds is 3. The fourth-order valence-electron chi connectivity index (χ4n) is 0.456. The van der Waals surface area contributed by atoms with E-state index in [-0.39, 0.29) is 12.2 Å². The van der Waals surface area contributed by atoms with Gasteiger partial charge in [-0.05, 0) is 13.8 Å². The highest BCUT2D eigenvalue weighted by Gasteiger charge is 2.07. The first-order valence-corrected chi connectivity index (χ1v) is 4.31. The molecule has 5 heteroatoms. The van der Waals surface area contributed by atoms with Gasteiger partial charge in [-0.3, -0.25) is 0 Å². The maximum absolute atomic E-state index is 10.7. The van der Waals surface area contributed by atoms with Crippen molar-refractivity contribution in [3.8, 4) is 0 Å². The van der Waals surface area contributed by atoms with E-state index in [0.29, 0.717) is 0 Å². The quantitative estimate of drug-likeness (QED) is 0.358. The molecule has 11 heavy (non-hydrogen) atoms. The number of carbonyl (C=O) groups is 1. The summed E-state index contributed by atoms with van der Waals surface area (Å²) < 4.78 is 14.6. The maximum atomic E-state index is 10.7. The smallest absolute Gasteiger partial charge is 0.341 e. The van der Waals surface area contributed by atoms with E-state index in [9.17, 15) is 14.3 Å². The third-order valence-corrected chi connectivity index (χ3v) is 1.49. The standard InChI is InChI=1S/C6H9O4P/c1-3-10-6(7)5(2)4-11(8)9/h4H,3H2,1-2H3/b5-4+. The minimum Gasteiger partial charge on any atom is -0.591 e. The first-order chi connectivity index (χ1) is 5.07. The predicted molar refractivity (Wildman–Crippen MR) is 38.0 cm³/mol. The highest BCUT2D eigenvalue weighted by atomic mass is 31.1. The Hall–Kier alpha value is -0.730. The summed E-state index contributed by atoms with van der Waals surface area (Å²) in [5.74, 6) is 0.263. The van der Waals surface area contributed by atoms with Crippen LogP contribution in [0.2, 0.25) is 0 Å². The molecule has 0 aliphatic heterocycles. The van der Waals surface area contributed by atoms with E-state index >= 15 is 0 Å². The molecule has 0 aromatic carbocycles. The molecule has 0 rings (SSSR count). The van der Waals surface area contributed by atoms with E-state index in [1.54, 1.807) is 6.92 Å². The zero-order valence-corrected chi connectivity index (χ0v) is 7.26. The molecular weight excluding hydrogens is 167 g/mol. The van der Waals surface area contributed by atoms with Gasteiger partial charge in [-0.15, -0.1) is 0 Å². The minimum absolute atomic E-state index is 0.1000. The van der Waals surface area contributed by atoms with Gasteiger partial charge in [0, 0.05) is 0 Å². The molecule has 0 saturated carbocycles. The molecule has 0 radical (unpaired) electrons. The Morgan fingerprint density at radius 3 is 2.64 bits per heavy atom. The van der Waals surface area contributed by atoms with Gasteiger partial charge in [0.15, 0.2) is 5.82 Å². The van der Waals surface area contributed by atoms with Gasteiger partial charge in [0.05, 0.1) is 12.2 Å². The molecule has 0 heterocycles. The molecular formula is C6H9O4P. The summed E-state index contributed by atoms with van der Waals surface area (Å²) in [6, 6.07) is 0. The van der Waals surface area contributed by atoms with Crippen molar-refractivity contribution in [3.05, 3.63) is 11.4 Å². The second-order valence-corrected chi connectivity index (χ2v) is 2.65. The third kappa shape index (κ3) is 4.65. The number of ether oxygens (including phenoxy) is 1. The lowest BCUT2D eigenvalue weighted by atomic mass is 10.4. The molecule has 0 aliphatic carbocycles. The van der Waals surface area contributed by atoms with Crippen LogP contribution in [-0.2, 0) is 14.1 Å². The van der Waals surface area contributed by atoms with Gasteiger partial charge in [0.2, 0.25) is 0 Å². The maximum Gasteiger partial charge on any atom is 0.341 e. The summed E-state index contributed by atoms with van der Waals surface area (Å²) >= 11 is 0.